The van der Waals surface area contributed by atoms with Crippen LogP contribution >= 0.6 is 0 Å². The van der Waals surface area contributed by atoms with Crippen molar-refractivity contribution in [1.82, 2.24) is 0 Å². The van der Waals surface area contributed by atoms with E-state index in [1.807, 2.05) is 57.2 Å². The number of phenols is 1. The molecule has 102 valence electrons. The van der Waals surface area contributed by atoms with Gasteiger partial charge in [0.2, 0.25) is 6.79 Å². The number of rotatable bonds is 0. The molecule has 0 amide bonds. The van der Waals surface area contributed by atoms with E-state index in [0.29, 0.717) is 12.5 Å². The Hall–Kier alpha value is -2.16. The predicted molar refractivity (Wildman–Crippen MR) is 76.8 cm³/mol. The van der Waals surface area contributed by atoms with Crippen molar-refractivity contribution >= 4 is 0 Å². The minimum absolute atomic E-state index is 0.329. The van der Waals surface area contributed by atoms with E-state index in [9.17, 15) is 0 Å². The number of fused-ring (bicyclic) bond motifs is 1. The van der Waals surface area contributed by atoms with E-state index in [-0.39, 0.29) is 0 Å². The third-order valence-corrected chi connectivity index (χ3v) is 2.31. The molecule has 19 heavy (non-hydrogen) atoms. The summed E-state index contributed by atoms with van der Waals surface area (Å²) in [6.45, 7) is 6.35. The fraction of sp³-hybridized carbons (Fsp3) is 0.250. The van der Waals surface area contributed by atoms with Crippen molar-refractivity contribution in [2.75, 3.05) is 6.79 Å². The van der Waals surface area contributed by atoms with Gasteiger partial charge in [-0.3, -0.25) is 0 Å². The molecule has 0 atom stereocenters. The van der Waals surface area contributed by atoms with Gasteiger partial charge in [0, 0.05) is 0 Å². The van der Waals surface area contributed by atoms with Crippen molar-refractivity contribution < 1.29 is 14.6 Å². The molecule has 2 aromatic carbocycles. The largest absolute Gasteiger partial charge is 0.508 e. The fourth-order valence-electron chi connectivity index (χ4n) is 1.39. The molecule has 2 aromatic rings. The molecule has 0 aliphatic carbocycles. The Bertz CT molecular complexity index is 434. The first-order valence-electron chi connectivity index (χ1n) is 6.36. The first-order valence-corrected chi connectivity index (χ1v) is 6.36. The average Bonchev–Trinajstić information content (AvgIpc) is 2.93. The zero-order valence-electron chi connectivity index (χ0n) is 11.6. The van der Waals surface area contributed by atoms with Gasteiger partial charge in [0.1, 0.15) is 5.75 Å². The minimum atomic E-state index is 0.329. The lowest BCUT2D eigenvalue weighted by Crippen LogP contribution is -1.92. The third-order valence-electron chi connectivity index (χ3n) is 2.31. The lowest BCUT2D eigenvalue weighted by molar-refractivity contribution is 0.174. The third kappa shape index (κ3) is 4.92. The molecule has 3 nitrogen and oxygen atoms in total. The van der Waals surface area contributed by atoms with Crippen molar-refractivity contribution in [3.63, 3.8) is 0 Å². The van der Waals surface area contributed by atoms with Crippen LogP contribution in [-0.2, 0) is 0 Å². The van der Waals surface area contributed by atoms with E-state index in [2.05, 4.69) is 0 Å². The number of aromatic hydroxyl groups is 1. The number of benzene rings is 2. The molecule has 0 unspecified atom stereocenters. The van der Waals surface area contributed by atoms with Crippen molar-refractivity contribution in [2.45, 2.75) is 20.8 Å². The standard InChI is InChI=1S/C7H6O2.C7H8O.C2H6/c1-2-4-7-6(3-1)8-5-9-7;1-6-2-4-7(8)5-3-6;1-2/h1-4H,5H2;2-5,8H,1H3;1-2H3. The van der Waals surface area contributed by atoms with Crippen LogP contribution in [-0.4, -0.2) is 11.9 Å². The van der Waals surface area contributed by atoms with Crippen LogP contribution in [0.4, 0.5) is 0 Å². The van der Waals surface area contributed by atoms with Gasteiger partial charge in [0.25, 0.3) is 0 Å². The maximum atomic E-state index is 8.76. The van der Waals surface area contributed by atoms with Crippen LogP contribution in [0.1, 0.15) is 19.4 Å². The summed E-state index contributed by atoms with van der Waals surface area (Å²) in [7, 11) is 0. The Morgan fingerprint density at radius 2 is 1.32 bits per heavy atom. The topological polar surface area (TPSA) is 38.7 Å². The Balaban J connectivity index is 0.000000170. The van der Waals surface area contributed by atoms with Crippen LogP contribution in [0.3, 0.4) is 0 Å². The zero-order chi connectivity index (χ0) is 14.1. The van der Waals surface area contributed by atoms with E-state index in [0.717, 1.165) is 11.5 Å². The number of para-hydroxylation sites is 2. The van der Waals surface area contributed by atoms with Gasteiger partial charge in [-0.25, -0.2) is 0 Å². The SMILES string of the molecule is CC.Cc1ccc(O)cc1.c1ccc2c(c1)OCO2. The molecule has 0 spiro atoms. The fourth-order valence-corrected chi connectivity index (χ4v) is 1.39. The Labute approximate surface area is 114 Å². The summed E-state index contributed by atoms with van der Waals surface area (Å²) >= 11 is 0. The minimum Gasteiger partial charge on any atom is -0.508 e. The lowest BCUT2D eigenvalue weighted by Gasteiger charge is -1.89. The second-order valence-corrected chi connectivity index (χ2v) is 3.69. The zero-order valence-corrected chi connectivity index (χ0v) is 11.6. The molecule has 0 saturated carbocycles. The van der Waals surface area contributed by atoms with E-state index in [1.165, 1.54) is 5.56 Å². The molecule has 0 bridgehead atoms. The van der Waals surface area contributed by atoms with Gasteiger partial charge in [0.15, 0.2) is 11.5 Å². The molecule has 0 radical (unpaired) electrons. The van der Waals surface area contributed by atoms with Crippen molar-refractivity contribution in [3.8, 4) is 17.2 Å². The van der Waals surface area contributed by atoms with Crippen LogP contribution < -0.4 is 9.47 Å². The molecule has 1 heterocycles. The number of ether oxygens (including phenoxy) is 2. The van der Waals surface area contributed by atoms with E-state index >= 15 is 0 Å². The molecule has 0 fully saturated rings. The molecule has 1 aliphatic rings. The van der Waals surface area contributed by atoms with Crippen LogP contribution in [0.2, 0.25) is 0 Å². The Morgan fingerprint density at radius 1 is 0.842 bits per heavy atom. The predicted octanol–water partition coefficient (Wildman–Crippen LogP) is 4.14. The molecule has 3 rings (SSSR count). The molecule has 1 aliphatic heterocycles. The molecule has 1 N–H and O–H groups in total. The van der Waals surface area contributed by atoms with Crippen LogP contribution in [0.25, 0.3) is 0 Å². The quantitative estimate of drug-likeness (QED) is 0.773. The smallest absolute Gasteiger partial charge is 0.231 e. The second kappa shape index (κ2) is 8.03. The van der Waals surface area contributed by atoms with E-state index in [4.69, 9.17) is 14.6 Å². The monoisotopic (exact) mass is 260 g/mol. The highest BCUT2D eigenvalue weighted by Gasteiger charge is 2.09. The summed E-state index contributed by atoms with van der Waals surface area (Å²) in [6.07, 6.45) is 0. The van der Waals surface area contributed by atoms with Gasteiger partial charge in [0.05, 0.1) is 0 Å². The second-order valence-electron chi connectivity index (χ2n) is 3.69. The van der Waals surface area contributed by atoms with Gasteiger partial charge in [-0.05, 0) is 31.2 Å². The number of phenolic OH excluding ortho intramolecular Hbond substituents is 1. The first kappa shape index (κ1) is 14.9. The summed E-state index contributed by atoms with van der Waals surface area (Å²) in [5.41, 5.74) is 1.17. The summed E-state index contributed by atoms with van der Waals surface area (Å²) in [4.78, 5) is 0. The van der Waals surface area contributed by atoms with Crippen LogP contribution in [0, 0.1) is 6.92 Å². The average molecular weight is 260 g/mol. The van der Waals surface area contributed by atoms with Crippen molar-refractivity contribution in [1.29, 1.82) is 0 Å². The molecule has 0 saturated heterocycles. The number of hydrogen-bond donors (Lipinski definition) is 1. The number of hydrogen-bond acceptors (Lipinski definition) is 3. The first-order chi connectivity index (χ1) is 9.25. The lowest BCUT2D eigenvalue weighted by atomic mass is 10.2. The van der Waals surface area contributed by atoms with E-state index in [1.54, 1.807) is 12.1 Å². The highest BCUT2D eigenvalue weighted by atomic mass is 16.7. The van der Waals surface area contributed by atoms with Gasteiger partial charge in [-0.15, -0.1) is 0 Å². The van der Waals surface area contributed by atoms with Crippen LogP contribution in [0.15, 0.2) is 48.5 Å². The van der Waals surface area contributed by atoms with Gasteiger partial charge >= 0.3 is 0 Å². The molecular weight excluding hydrogens is 240 g/mol. The molecule has 0 aromatic heterocycles. The van der Waals surface area contributed by atoms with Crippen LogP contribution in [0.5, 0.6) is 17.2 Å². The summed E-state index contributed by atoms with van der Waals surface area (Å²) in [5.74, 6) is 2.02. The Kier molecular flexibility index (Phi) is 6.30. The van der Waals surface area contributed by atoms with Gasteiger partial charge in [-0.1, -0.05) is 43.7 Å². The highest BCUT2D eigenvalue weighted by Crippen LogP contribution is 2.30. The van der Waals surface area contributed by atoms with Crippen molar-refractivity contribution in [2.24, 2.45) is 0 Å². The van der Waals surface area contributed by atoms with Gasteiger partial charge < -0.3 is 14.6 Å². The molecular formula is C16H20O3. The summed E-state index contributed by atoms with van der Waals surface area (Å²) < 4.78 is 10.2. The van der Waals surface area contributed by atoms with Gasteiger partial charge in [-0.2, -0.15) is 0 Å². The van der Waals surface area contributed by atoms with Crippen molar-refractivity contribution in [3.05, 3.63) is 54.1 Å². The maximum absolute atomic E-state index is 8.76. The Morgan fingerprint density at radius 3 is 1.74 bits per heavy atom. The normalized spacial score (nSPS) is 10.7. The van der Waals surface area contributed by atoms with E-state index < -0.39 is 0 Å². The number of aryl methyl sites for hydroxylation is 1. The highest BCUT2D eigenvalue weighted by molar-refractivity contribution is 5.40. The maximum Gasteiger partial charge on any atom is 0.231 e. The summed E-state index contributed by atoms with van der Waals surface area (Å²) in [5, 5.41) is 8.76. The summed E-state index contributed by atoms with van der Waals surface area (Å²) in [6, 6.07) is 14.7. The molecule has 3 heteroatoms.